The molecule has 1 aliphatic rings. The monoisotopic (exact) mass is 470 g/mol. The summed E-state index contributed by atoms with van der Waals surface area (Å²) < 4.78 is 38.4. The van der Waals surface area contributed by atoms with E-state index in [-0.39, 0.29) is 12.3 Å². The lowest BCUT2D eigenvalue weighted by molar-refractivity contribution is 0.0782. The number of rotatable bonds is 7. The number of hydrogen-bond acceptors (Lipinski definition) is 5. The average molecular weight is 471 g/mol. The molecular formula is C21H22Cl2NO5S-. The van der Waals surface area contributed by atoms with Gasteiger partial charge in [0.25, 0.3) is 5.91 Å². The number of benzene rings is 2. The number of carbonyl (C=O) groups excluding carboxylic acids is 1. The highest BCUT2D eigenvalue weighted by Crippen LogP contribution is 2.41. The molecule has 2 aromatic rings. The van der Waals surface area contributed by atoms with Gasteiger partial charge in [-0.05, 0) is 61.2 Å². The Balaban J connectivity index is 1.85. The molecule has 9 heteroatoms. The van der Waals surface area contributed by atoms with E-state index in [0.29, 0.717) is 47.3 Å². The van der Waals surface area contributed by atoms with Crippen LogP contribution in [0.4, 0.5) is 0 Å². The summed E-state index contributed by atoms with van der Waals surface area (Å²) >= 11 is 12.3. The molecule has 1 fully saturated rings. The number of ether oxygens (including phenoxy) is 1. The number of nitrogens with zero attached hydrogens (tertiary/aromatic N) is 1. The second kappa shape index (κ2) is 9.14. The van der Waals surface area contributed by atoms with Gasteiger partial charge in [0.1, 0.15) is 5.75 Å². The van der Waals surface area contributed by atoms with Crippen LogP contribution in [-0.4, -0.2) is 49.7 Å². The van der Waals surface area contributed by atoms with Crippen molar-refractivity contribution in [3.8, 4) is 5.75 Å². The van der Waals surface area contributed by atoms with Gasteiger partial charge >= 0.3 is 0 Å². The minimum atomic E-state index is -4.31. The summed E-state index contributed by atoms with van der Waals surface area (Å²) in [6, 6.07) is 12.2. The molecule has 0 aliphatic carbocycles. The van der Waals surface area contributed by atoms with Gasteiger partial charge in [-0.1, -0.05) is 29.3 Å². The Labute approximate surface area is 186 Å². The number of halogens is 2. The van der Waals surface area contributed by atoms with Crippen LogP contribution in [0, 0.1) is 0 Å². The summed E-state index contributed by atoms with van der Waals surface area (Å²) in [4.78, 5) is 14.8. The van der Waals surface area contributed by atoms with Crippen molar-refractivity contribution >= 4 is 39.2 Å². The van der Waals surface area contributed by atoms with Crippen molar-refractivity contribution in [1.82, 2.24) is 4.90 Å². The van der Waals surface area contributed by atoms with Gasteiger partial charge in [-0.2, -0.15) is 0 Å². The Bertz CT molecular complexity index is 1030. The van der Waals surface area contributed by atoms with E-state index in [1.165, 1.54) is 0 Å². The van der Waals surface area contributed by atoms with Gasteiger partial charge in [0.05, 0.1) is 27.3 Å². The largest absolute Gasteiger partial charge is 0.748 e. The molecule has 162 valence electrons. The molecule has 2 aromatic carbocycles. The number of carbonyl (C=O) groups is 1. The fraction of sp³-hybridized carbons (Fsp3) is 0.381. The summed E-state index contributed by atoms with van der Waals surface area (Å²) in [5, 5.41) is 0.812. The van der Waals surface area contributed by atoms with E-state index in [9.17, 15) is 17.8 Å². The highest BCUT2D eigenvalue weighted by molar-refractivity contribution is 7.85. The molecular weight excluding hydrogens is 449 g/mol. The molecule has 0 N–H and O–H groups in total. The molecule has 1 atom stereocenters. The van der Waals surface area contributed by atoms with E-state index >= 15 is 0 Å². The van der Waals surface area contributed by atoms with Gasteiger partial charge in [0.15, 0.2) is 0 Å². The van der Waals surface area contributed by atoms with Gasteiger partial charge in [-0.3, -0.25) is 4.79 Å². The van der Waals surface area contributed by atoms with Crippen molar-refractivity contribution in [2.45, 2.75) is 24.7 Å². The average Bonchev–Trinajstić information content (AvgIpc) is 3.14. The van der Waals surface area contributed by atoms with Gasteiger partial charge in [-0.25, -0.2) is 8.42 Å². The summed E-state index contributed by atoms with van der Waals surface area (Å²) in [6.07, 6.45) is 1.28. The zero-order valence-electron chi connectivity index (χ0n) is 16.4. The Morgan fingerprint density at radius 2 is 1.87 bits per heavy atom. The van der Waals surface area contributed by atoms with Gasteiger partial charge in [-0.15, -0.1) is 0 Å². The van der Waals surface area contributed by atoms with E-state index in [1.807, 2.05) is 6.07 Å². The van der Waals surface area contributed by atoms with Crippen LogP contribution in [0.2, 0.25) is 10.0 Å². The second-order valence-electron chi connectivity index (χ2n) is 7.48. The number of likely N-dealkylation sites (tertiary alicyclic amines) is 1. The molecule has 30 heavy (non-hydrogen) atoms. The smallest absolute Gasteiger partial charge is 0.253 e. The topological polar surface area (TPSA) is 86.7 Å². The first-order valence-corrected chi connectivity index (χ1v) is 11.8. The first-order valence-electron chi connectivity index (χ1n) is 9.46. The van der Waals surface area contributed by atoms with Crippen LogP contribution in [0.1, 0.15) is 35.2 Å². The third-order valence-corrected chi connectivity index (χ3v) is 7.09. The van der Waals surface area contributed by atoms with Crippen LogP contribution in [0.25, 0.3) is 0 Å². The quantitative estimate of drug-likeness (QED) is 0.568. The molecule has 6 nitrogen and oxygen atoms in total. The molecule has 0 spiro atoms. The van der Waals surface area contributed by atoms with Gasteiger partial charge in [0, 0.05) is 29.8 Å². The number of hydrogen-bond donors (Lipinski definition) is 0. The number of amides is 1. The Morgan fingerprint density at radius 1 is 1.17 bits per heavy atom. The molecule has 3 rings (SSSR count). The highest BCUT2D eigenvalue weighted by atomic mass is 35.5. The van der Waals surface area contributed by atoms with Crippen molar-refractivity contribution in [2.24, 2.45) is 0 Å². The van der Waals surface area contributed by atoms with E-state index < -0.39 is 21.3 Å². The van der Waals surface area contributed by atoms with E-state index in [2.05, 4.69) is 0 Å². The second-order valence-corrected chi connectivity index (χ2v) is 9.82. The summed E-state index contributed by atoms with van der Waals surface area (Å²) in [5.41, 5.74) is 0.925. The van der Waals surface area contributed by atoms with Crippen LogP contribution in [0.15, 0.2) is 42.5 Å². The maximum absolute atomic E-state index is 13.0. The summed E-state index contributed by atoms with van der Waals surface area (Å²) in [6.45, 7) is 0.907. The first kappa shape index (κ1) is 22.9. The molecule has 0 aromatic heterocycles. The van der Waals surface area contributed by atoms with Gasteiger partial charge in [0.2, 0.25) is 0 Å². The molecule has 0 saturated carbocycles. The molecule has 0 radical (unpaired) electrons. The predicted molar refractivity (Wildman–Crippen MR) is 115 cm³/mol. The maximum atomic E-state index is 13.0. The SMILES string of the molecule is COc1ccc(C(=O)N2CC[C@@](CCCS(=O)(=O)[O-])(c3ccc(Cl)c(Cl)c3)C2)cc1. The van der Waals surface area contributed by atoms with Gasteiger partial charge < -0.3 is 14.2 Å². The predicted octanol–water partition coefficient (Wildman–Crippen LogP) is 4.11. The normalized spacial score (nSPS) is 19.1. The fourth-order valence-corrected chi connectivity index (χ4v) is 4.76. The van der Waals surface area contributed by atoms with Crippen LogP contribution in [-0.2, 0) is 15.5 Å². The molecule has 1 amide bonds. The minimum Gasteiger partial charge on any atom is -0.748 e. The van der Waals surface area contributed by atoms with Crippen molar-refractivity contribution in [2.75, 3.05) is 26.0 Å². The maximum Gasteiger partial charge on any atom is 0.253 e. The minimum absolute atomic E-state index is 0.115. The van der Waals surface area contributed by atoms with Crippen LogP contribution in [0.5, 0.6) is 5.75 Å². The van der Waals surface area contributed by atoms with Crippen molar-refractivity contribution in [1.29, 1.82) is 0 Å². The lowest BCUT2D eigenvalue weighted by atomic mass is 9.76. The van der Waals surface area contributed by atoms with E-state index in [1.54, 1.807) is 48.4 Å². The lowest BCUT2D eigenvalue weighted by Crippen LogP contribution is -2.35. The number of methoxy groups -OCH3 is 1. The third kappa shape index (κ3) is 5.27. The van der Waals surface area contributed by atoms with Crippen LogP contribution < -0.4 is 4.74 Å². The van der Waals surface area contributed by atoms with Crippen molar-refractivity contribution < 1.29 is 22.5 Å². The van der Waals surface area contributed by atoms with Crippen molar-refractivity contribution in [3.63, 3.8) is 0 Å². The molecule has 1 aliphatic heterocycles. The Morgan fingerprint density at radius 3 is 2.47 bits per heavy atom. The Hall–Kier alpha value is -1.80. The van der Waals surface area contributed by atoms with E-state index in [0.717, 1.165) is 5.56 Å². The van der Waals surface area contributed by atoms with Crippen LogP contribution in [0.3, 0.4) is 0 Å². The summed E-state index contributed by atoms with van der Waals surface area (Å²) in [7, 11) is -2.75. The Kier molecular flexibility index (Phi) is 6.97. The standard InChI is InChI=1S/C21H23Cl2NO5S/c1-29-17-6-3-15(4-7-17)20(25)24-11-10-21(14-24,9-2-12-30(26,27)28)16-5-8-18(22)19(23)13-16/h3-8,13H,2,9-12,14H2,1H3,(H,26,27,28)/p-1/t21-/m1/s1. The molecule has 0 bridgehead atoms. The lowest BCUT2D eigenvalue weighted by Gasteiger charge is -2.31. The zero-order chi connectivity index (χ0) is 21.9. The first-order chi connectivity index (χ1) is 14.1. The fourth-order valence-electron chi connectivity index (χ4n) is 3.96. The molecule has 0 unspecified atom stereocenters. The third-order valence-electron chi connectivity index (χ3n) is 5.56. The molecule has 1 saturated heterocycles. The van der Waals surface area contributed by atoms with E-state index in [4.69, 9.17) is 27.9 Å². The van der Waals surface area contributed by atoms with Crippen LogP contribution >= 0.6 is 23.2 Å². The zero-order valence-corrected chi connectivity index (χ0v) is 18.8. The summed E-state index contributed by atoms with van der Waals surface area (Å²) in [5.74, 6) is 0.107. The highest BCUT2D eigenvalue weighted by Gasteiger charge is 2.41. The van der Waals surface area contributed by atoms with Crippen molar-refractivity contribution in [3.05, 3.63) is 63.6 Å². The molecule has 1 heterocycles.